The number of hydrogen-bond acceptors (Lipinski definition) is 5. The van der Waals surface area contributed by atoms with Gasteiger partial charge in [-0.05, 0) is 18.2 Å². The van der Waals surface area contributed by atoms with Crippen molar-refractivity contribution in [3.05, 3.63) is 64.0 Å². The maximum atomic E-state index is 13.6. The fourth-order valence-electron chi connectivity index (χ4n) is 1.72. The van der Waals surface area contributed by atoms with E-state index in [0.29, 0.717) is 5.69 Å². The molecule has 0 radical (unpaired) electrons. The summed E-state index contributed by atoms with van der Waals surface area (Å²) in [5.74, 6) is 3.87. The standard InChI is InChI=1S/C13H11FN4O3/c14-10-6-5-8(18(20)21)7-12(10)16-13(19)9-3-1-2-4-11(9)17-15/h1-7,17H,15H2,(H,16,19). The second-order valence-electron chi connectivity index (χ2n) is 4.07. The number of halogens is 1. The summed E-state index contributed by atoms with van der Waals surface area (Å²) < 4.78 is 13.6. The Balaban J connectivity index is 2.31. The zero-order valence-electron chi connectivity index (χ0n) is 10.7. The van der Waals surface area contributed by atoms with E-state index in [1.54, 1.807) is 18.2 Å². The van der Waals surface area contributed by atoms with Crippen molar-refractivity contribution in [3.8, 4) is 0 Å². The number of para-hydroxylation sites is 1. The summed E-state index contributed by atoms with van der Waals surface area (Å²) in [5.41, 5.74) is 2.28. The van der Waals surface area contributed by atoms with Crippen LogP contribution in [-0.2, 0) is 0 Å². The molecule has 0 unspecified atom stereocenters. The highest BCUT2D eigenvalue weighted by Crippen LogP contribution is 2.23. The zero-order valence-corrected chi connectivity index (χ0v) is 10.7. The predicted octanol–water partition coefficient (Wildman–Crippen LogP) is 2.27. The SMILES string of the molecule is NNc1ccccc1C(=O)Nc1cc([N+](=O)[O-])ccc1F. The van der Waals surface area contributed by atoms with Crippen molar-refractivity contribution in [2.75, 3.05) is 10.7 Å². The van der Waals surface area contributed by atoms with E-state index in [-0.39, 0.29) is 16.9 Å². The van der Waals surface area contributed by atoms with Crippen LogP contribution >= 0.6 is 0 Å². The number of nitrogens with one attached hydrogen (secondary N) is 2. The molecule has 0 fully saturated rings. The molecule has 0 aliphatic heterocycles. The third-order valence-electron chi connectivity index (χ3n) is 2.74. The summed E-state index contributed by atoms with van der Waals surface area (Å²) in [6.45, 7) is 0. The number of hydrogen-bond donors (Lipinski definition) is 3. The first-order valence-electron chi connectivity index (χ1n) is 5.84. The van der Waals surface area contributed by atoms with Crippen LogP contribution in [0.1, 0.15) is 10.4 Å². The van der Waals surface area contributed by atoms with Crippen molar-refractivity contribution in [3.63, 3.8) is 0 Å². The molecule has 2 rings (SSSR count). The molecule has 0 aliphatic carbocycles. The molecule has 0 heterocycles. The van der Waals surface area contributed by atoms with Gasteiger partial charge in [0.05, 0.1) is 21.9 Å². The van der Waals surface area contributed by atoms with E-state index in [0.717, 1.165) is 18.2 Å². The van der Waals surface area contributed by atoms with E-state index in [2.05, 4.69) is 10.7 Å². The van der Waals surface area contributed by atoms with Gasteiger partial charge >= 0.3 is 0 Å². The lowest BCUT2D eigenvalue weighted by molar-refractivity contribution is -0.384. The minimum absolute atomic E-state index is 0.186. The summed E-state index contributed by atoms with van der Waals surface area (Å²) in [7, 11) is 0. The van der Waals surface area contributed by atoms with Crippen LogP contribution in [0.4, 0.5) is 21.5 Å². The van der Waals surface area contributed by atoms with Crippen molar-refractivity contribution in [1.82, 2.24) is 0 Å². The second-order valence-corrected chi connectivity index (χ2v) is 4.07. The minimum Gasteiger partial charge on any atom is -0.323 e. The van der Waals surface area contributed by atoms with Gasteiger partial charge in [-0.1, -0.05) is 12.1 Å². The van der Waals surface area contributed by atoms with E-state index in [9.17, 15) is 19.3 Å². The number of rotatable bonds is 4. The number of non-ortho nitro benzene ring substituents is 1. The maximum absolute atomic E-state index is 13.6. The first-order valence-corrected chi connectivity index (χ1v) is 5.84. The van der Waals surface area contributed by atoms with E-state index in [1.807, 2.05) is 0 Å². The minimum atomic E-state index is -0.771. The molecule has 0 atom stereocenters. The van der Waals surface area contributed by atoms with Crippen LogP contribution in [0.3, 0.4) is 0 Å². The van der Waals surface area contributed by atoms with Crippen LogP contribution in [-0.4, -0.2) is 10.8 Å². The van der Waals surface area contributed by atoms with Gasteiger partial charge in [0.15, 0.2) is 0 Å². The Hall–Kier alpha value is -3.00. The van der Waals surface area contributed by atoms with Crippen LogP contribution in [0.2, 0.25) is 0 Å². The normalized spacial score (nSPS) is 10.0. The number of nitro benzene ring substituents is 1. The Bertz CT molecular complexity index is 706. The highest BCUT2D eigenvalue weighted by atomic mass is 19.1. The Morgan fingerprint density at radius 1 is 1.19 bits per heavy atom. The first-order chi connectivity index (χ1) is 10.0. The molecule has 0 spiro atoms. The molecule has 7 nitrogen and oxygen atoms in total. The van der Waals surface area contributed by atoms with E-state index >= 15 is 0 Å². The van der Waals surface area contributed by atoms with E-state index in [4.69, 9.17) is 5.84 Å². The summed E-state index contributed by atoms with van der Waals surface area (Å²) in [6, 6.07) is 9.21. The van der Waals surface area contributed by atoms with Crippen LogP contribution in [0.25, 0.3) is 0 Å². The monoisotopic (exact) mass is 290 g/mol. The van der Waals surface area contributed by atoms with Crippen molar-refractivity contribution in [2.24, 2.45) is 5.84 Å². The highest BCUT2D eigenvalue weighted by molar-refractivity contribution is 6.08. The third-order valence-corrected chi connectivity index (χ3v) is 2.74. The van der Waals surface area contributed by atoms with Crippen molar-refractivity contribution in [2.45, 2.75) is 0 Å². The molecule has 1 amide bonds. The molecule has 108 valence electrons. The lowest BCUT2D eigenvalue weighted by atomic mass is 10.1. The first kappa shape index (κ1) is 14.4. The van der Waals surface area contributed by atoms with Crippen molar-refractivity contribution in [1.29, 1.82) is 0 Å². The van der Waals surface area contributed by atoms with Gasteiger partial charge in [0, 0.05) is 12.1 Å². The molecule has 2 aromatic carbocycles. The zero-order chi connectivity index (χ0) is 15.4. The van der Waals surface area contributed by atoms with Crippen LogP contribution in [0, 0.1) is 15.9 Å². The van der Waals surface area contributed by atoms with Gasteiger partial charge in [-0.15, -0.1) is 0 Å². The Labute approximate surface area is 118 Å². The molecule has 8 heteroatoms. The van der Waals surface area contributed by atoms with Gasteiger partial charge in [-0.2, -0.15) is 0 Å². The van der Waals surface area contributed by atoms with E-state index < -0.39 is 16.6 Å². The van der Waals surface area contributed by atoms with Gasteiger partial charge in [0.2, 0.25) is 0 Å². The van der Waals surface area contributed by atoms with Gasteiger partial charge in [0.1, 0.15) is 5.82 Å². The van der Waals surface area contributed by atoms with Crippen LogP contribution < -0.4 is 16.6 Å². The topological polar surface area (TPSA) is 110 Å². The quantitative estimate of drug-likeness (QED) is 0.454. The number of anilines is 2. The number of benzene rings is 2. The summed E-state index contributed by atoms with van der Waals surface area (Å²) in [5, 5.41) is 12.9. The number of hydrazine groups is 1. The van der Waals surface area contributed by atoms with Crippen LogP contribution in [0.15, 0.2) is 42.5 Å². The van der Waals surface area contributed by atoms with Crippen molar-refractivity contribution < 1.29 is 14.1 Å². The largest absolute Gasteiger partial charge is 0.323 e. The van der Waals surface area contributed by atoms with Gasteiger partial charge < -0.3 is 10.7 Å². The molecule has 2 aromatic rings. The number of nitrogen functional groups attached to an aromatic ring is 1. The predicted molar refractivity (Wildman–Crippen MR) is 75.3 cm³/mol. The Morgan fingerprint density at radius 3 is 2.57 bits per heavy atom. The average molecular weight is 290 g/mol. The Morgan fingerprint density at radius 2 is 1.90 bits per heavy atom. The Kier molecular flexibility index (Phi) is 4.10. The van der Waals surface area contributed by atoms with Gasteiger partial charge in [0.25, 0.3) is 11.6 Å². The van der Waals surface area contributed by atoms with Gasteiger partial charge in [-0.25, -0.2) is 4.39 Å². The van der Waals surface area contributed by atoms with E-state index in [1.165, 1.54) is 6.07 Å². The third kappa shape index (κ3) is 3.12. The number of nitrogens with two attached hydrogens (primary N) is 1. The molecular formula is C13H11FN4O3. The van der Waals surface area contributed by atoms with Crippen molar-refractivity contribution >= 4 is 23.0 Å². The summed E-state index contributed by atoms with van der Waals surface area (Å²) >= 11 is 0. The molecule has 21 heavy (non-hydrogen) atoms. The van der Waals surface area contributed by atoms with Gasteiger partial charge in [-0.3, -0.25) is 20.8 Å². The number of nitro groups is 1. The molecule has 0 saturated carbocycles. The highest BCUT2D eigenvalue weighted by Gasteiger charge is 2.15. The smallest absolute Gasteiger partial charge is 0.271 e. The second kappa shape index (κ2) is 5.97. The molecular weight excluding hydrogens is 279 g/mol. The molecule has 0 aromatic heterocycles. The number of carbonyl (C=O) groups is 1. The summed E-state index contributed by atoms with van der Waals surface area (Å²) in [4.78, 5) is 22.1. The molecule has 0 bridgehead atoms. The summed E-state index contributed by atoms with van der Waals surface area (Å²) in [6.07, 6.45) is 0. The maximum Gasteiger partial charge on any atom is 0.271 e. The lowest BCUT2D eigenvalue weighted by Crippen LogP contribution is -2.17. The number of amides is 1. The fourth-order valence-corrected chi connectivity index (χ4v) is 1.72. The molecule has 0 saturated heterocycles. The number of carbonyl (C=O) groups excluding carboxylic acids is 1. The molecule has 4 N–H and O–H groups in total. The molecule has 0 aliphatic rings. The lowest BCUT2D eigenvalue weighted by Gasteiger charge is -2.10. The van der Waals surface area contributed by atoms with Crippen LogP contribution in [0.5, 0.6) is 0 Å². The fraction of sp³-hybridized carbons (Fsp3) is 0. The average Bonchev–Trinajstić information content (AvgIpc) is 2.49. The number of nitrogens with zero attached hydrogens (tertiary/aromatic N) is 1.